The number of methoxy groups -OCH3 is 1. The number of para-hydroxylation sites is 2. The van der Waals surface area contributed by atoms with Gasteiger partial charge in [0.25, 0.3) is 5.89 Å². The third kappa shape index (κ3) is 5.92. The third-order valence-electron chi connectivity index (χ3n) is 5.21. The zero-order valence-electron chi connectivity index (χ0n) is 19.9. The first kappa shape index (κ1) is 24.8. The van der Waals surface area contributed by atoms with Crippen LogP contribution in [0.5, 0.6) is 11.5 Å². The van der Waals surface area contributed by atoms with E-state index in [-0.39, 0.29) is 53.8 Å². The molecule has 1 amide bonds. The molecule has 0 saturated carbocycles. The molecule has 0 fully saturated rings. The van der Waals surface area contributed by atoms with Crippen molar-refractivity contribution >= 4 is 17.6 Å². The first-order chi connectivity index (χ1) is 16.2. The molecule has 3 aromatic rings. The first-order valence-electron chi connectivity index (χ1n) is 11.0. The van der Waals surface area contributed by atoms with E-state index in [1.54, 1.807) is 30.3 Å². The number of hydrogen-bond acceptors (Lipinski definition) is 8. The minimum atomic E-state index is -0.699. The fourth-order valence-electron chi connectivity index (χ4n) is 3.32. The summed E-state index contributed by atoms with van der Waals surface area (Å²) in [4.78, 5) is 29.1. The molecule has 0 aliphatic rings. The van der Waals surface area contributed by atoms with E-state index in [4.69, 9.17) is 14.0 Å². The van der Waals surface area contributed by atoms with Gasteiger partial charge in [-0.3, -0.25) is 4.79 Å². The van der Waals surface area contributed by atoms with Gasteiger partial charge < -0.3 is 24.4 Å². The van der Waals surface area contributed by atoms with E-state index in [1.165, 1.54) is 7.11 Å². The van der Waals surface area contributed by atoms with E-state index in [1.807, 2.05) is 33.8 Å². The van der Waals surface area contributed by atoms with Crippen LogP contribution >= 0.6 is 0 Å². The van der Waals surface area contributed by atoms with Gasteiger partial charge in [0.15, 0.2) is 12.4 Å². The Balaban J connectivity index is 1.64. The highest BCUT2D eigenvalue weighted by atomic mass is 16.6. The topological polar surface area (TPSA) is 124 Å². The normalized spacial score (nSPS) is 11.0. The molecule has 180 valence electrons. The number of ether oxygens (including phenoxy) is 2. The molecule has 1 aromatic heterocycles. The third-order valence-corrected chi connectivity index (χ3v) is 5.21. The zero-order valence-corrected chi connectivity index (χ0v) is 19.9. The molecule has 0 atom stereocenters. The molecule has 1 heterocycles. The molecule has 0 saturated heterocycles. The summed E-state index contributed by atoms with van der Waals surface area (Å²) in [5.41, 5.74) is 2.22. The lowest BCUT2D eigenvalue weighted by Crippen LogP contribution is -2.15. The van der Waals surface area contributed by atoms with Crippen molar-refractivity contribution in [1.82, 2.24) is 10.1 Å². The van der Waals surface area contributed by atoms with Gasteiger partial charge in [-0.2, -0.15) is 4.98 Å². The van der Waals surface area contributed by atoms with Crippen LogP contribution in [-0.4, -0.2) is 34.2 Å². The second-order valence-electron chi connectivity index (χ2n) is 8.42. The number of aromatic nitrogens is 2. The van der Waals surface area contributed by atoms with Crippen LogP contribution in [0.15, 0.2) is 40.9 Å². The zero-order chi connectivity index (χ0) is 24.8. The minimum Gasteiger partial charge on any atom is -0.507 e. The lowest BCUT2D eigenvalue weighted by atomic mass is 9.92. The molecule has 9 nitrogen and oxygen atoms in total. The lowest BCUT2D eigenvalue weighted by molar-refractivity contribution is -0.115. The van der Waals surface area contributed by atoms with Gasteiger partial charge >= 0.3 is 5.97 Å². The van der Waals surface area contributed by atoms with E-state index in [0.29, 0.717) is 17.0 Å². The highest BCUT2D eigenvalue weighted by Crippen LogP contribution is 2.33. The van der Waals surface area contributed by atoms with E-state index < -0.39 is 5.97 Å². The number of benzene rings is 2. The second kappa shape index (κ2) is 10.8. The summed E-state index contributed by atoms with van der Waals surface area (Å²) in [6.07, 6.45) is -0.134. The van der Waals surface area contributed by atoms with Crippen LogP contribution < -0.4 is 10.1 Å². The summed E-state index contributed by atoms with van der Waals surface area (Å²) >= 11 is 0. The van der Waals surface area contributed by atoms with Gasteiger partial charge in [0.1, 0.15) is 17.1 Å². The smallest absolute Gasteiger partial charge is 0.342 e. The second-order valence-corrected chi connectivity index (χ2v) is 8.42. The van der Waals surface area contributed by atoms with Gasteiger partial charge in [-0.15, -0.1) is 0 Å². The fraction of sp³-hybridized carbons (Fsp3) is 0.360. The van der Waals surface area contributed by atoms with Gasteiger partial charge in [-0.1, -0.05) is 51.1 Å². The van der Waals surface area contributed by atoms with E-state index in [2.05, 4.69) is 15.5 Å². The van der Waals surface area contributed by atoms with Crippen LogP contribution in [-0.2, 0) is 22.6 Å². The van der Waals surface area contributed by atoms with Crippen LogP contribution in [0.4, 0.5) is 5.69 Å². The van der Waals surface area contributed by atoms with Gasteiger partial charge in [0.2, 0.25) is 5.91 Å². The number of esters is 1. The van der Waals surface area contributed by atoms with Crippen molar-refractivity contribution in [1.29, 1.82) is 0 Å². The number of amides is 1. The molecule has 9 heteroatoms. The Labute approximate surface area is 198 Å². The molecule has 3 rings (SSSR count). The average Bonchev–Trinajstić information content (AvgIpc) is 3.24. The van der Waals surface area contributed by atoms with Crippen molar-refractivity contribution < 1.29 is 28.7 Å². The van der Waals surface area contributed by atoms with E-state index in [0.717, 1.165) is 5.56 Å². The minimum absolute atomic E-state index is 0.0331. The summed E-state index contributed by atoms with van der Waals surface area (Å²) < 4.78 is 15.6. The maximum absolute atomic E-state index is 12.7. The summed E-state index contributed by atoms with van der Waals surface area (Å²) in [6, 6.07) is 10.6. The molecule has 34 heavy (non-hydrogen) atoms. The van der Waals surface area contributed by atoms with Crippen molar-refractivity contribution in [2.24, 2.45) is 0 Å². The standard InChI is InChI=1S/C25H29N3O6/c1-14(2)16-10-17(15(3)4)24(30)18(11-16)25(31)33-13-23-27-21(28-34-23)12-22(29)26-19-8-6-7-9-20(19)32-5/h6-11,14-15,30H,12-13H2,1-5H3,(H,26,29). The summed E-state index contributed by atoms with van der Waals surface area (Å²) in [7, 11) is 1.51. The van der Waals surface area contributed by atoms with Crippen molar-refractivity contribution in [3.63, 3.8) is 0 Å². The maximum Gasteiger partial charge on any atom is 0.342 e. The van der Waals surface area contributed by atoms with Crippen LogP contribution in [0.3, 0.4) is 0 Å². The number of anilines is 1. The SMILES string of the molecule is COc1ccccc1NC(=O)Cc1noc(COC(=O)c2cc(C(C)C)cc(C(C)C)c2O)n1. The van der Waals surface area contributed by atoms with Gasteiger partial charge in [0.05, 0.1) is 19.2 Å². The lowest BCUT2D eigenvalue weighted by Gasteiger charge is -2.16. The van der Waals surface area contributed by atoms with Crippen LogP contribution in [0.25, 0.3) is 0 Å². The maximum atomic E-state index is 12.7. The quantitative estimate of drug-likeness (QED) is 0.439. The van der Waals surface area contributed by atoms with Crippen LogP contribution in [0.1, 0.15) is 72.7 Å². The highest BCUT2D eigenvalue weighted by molar-refractivity contribution is 5.94. The molecule has 2 N–H and O–H groups in total. The number of nitrogens with one attached hydrogen (secondary N) is 1. The van der Waals surface area contributed by atoms with Crippen LogP contribution in [0, 0.1) is 0 Å². The van der Waals surface area contributed by atoms with E-state index >= 15 is 0 Å². The van der Waals surface area contributed by atoms with Crippen molar-refractivity contribution in [2.75, 3.05) is 12.4 Å². The van der Waals surface area contributed by atoms with Gasteiger partial charge in [-0.25, -0.2) is 4.79 Å². The monoisotopic (exact) mass is 467 g/mol. The molecular weight excluding hydrogens is 438 g/mol. The largest absolute Gasteiger partial charge is 0.507 e. The molecule has 0 spiro atoms. The Hall–Kier alpha value is -3.88. The summed E-state index contributed by atoms with van der Waals surface area (Å²) in [5, 5.41) is 17.1. The molecule has 0 unspecified atom stereocenters. The molecule has 0 aliphatic heterocycles. The van der Waals surface area contributed by atoms with Crippen LogP contribution in [0.2, 0.25) is 0 Å². The number of hydrogen-bond donors (Lipinski definition) is 2. The number of phenols is 1. The summed E-state index contributed by atoms with van der Waals surface area (Å²) in [5.74, 6) is -0.232. The van der Waals surface area contributed by atoms with Crippen molar-refractivity contribution in [3.05, 3.63) is 64.8 Å². The number of nitrogens with zero attached hydrogens (tertiary/aromatic N) is 2. The number of rotatable bonds is 9. The number of carbonyl (C=O) groups excluding carboxylic acids is 2. The average molecular weight is 468 g/mol. The Morgan fingerprint density at radius 3 is 2.53 bits per heavy atom. The number of carbonyl (C=O) groups is 2. The molecule has 0 radical (unpaired) electrons. The van der Waals surface area contributed by atoms with Crippen molar-refractivity contribution in [2.45, 2.75) is 52.6 Å². The number of aromatic hydroxyl groups is 1. The van der Waals surface area contributed by atoms with Gasteiger partial charge in [0, 0.05) is 0 Å². The highest BCUT2D eigenvalue weighted by Gasteiger charge is 2.21. The molecule has 0 bridgehead atoms. The number of phenolic OH excluding ortho intramolecular Hbond substituents is 1. The fourth-order valence-corrected chi connectivity index (χ4v) is 3.32. The van der Waals surface area contributed by atoms with Gasteiger partial charge in [-0.05, 0) is 41.2 Å². The van der Waals surface area contributed by atoms with E-state index in [9.17, 15) is 14.7 Å². The Bertz CT molecular complexity index is 1170. The summed E-state index contributed by atoms with van der Waals surface area (Å²) in [6.45, 7) is 7.62. The first-order valence-corrected chi connectivity index (χ1v) is 11.0. The molecular formula is C25H29N3O6. The Kier molecular flexibility index (Phi) is 7.88. The van der Waals surface area contributed by atoms with Crippen molar-refractivity contribution in [3.8, 4) is 11.5 Å². The predicted molar refractivity (Wildman–Crippen MR) is 125 cm³/mol. The molecule has 2 aromatic carbocycles. The Morgan fingerprint density at radius 1 is 1.12 bits per heavy atom. The molecule has 0 aliphatic carbocycles. The Morgan fingerprint density at radius 2 is 1.85 bits per heavy atom. The predicted octanol–water partition coefficient (Wildman–Crippen LogP) is 4.57.